The number of aromatic nitrogens is 2. The van der Waals surface area contributed by atoms with Gasteiger partial charge in [0.1, 0.15) is 0 Å². The fourth-order valence-electron chi connectivity index (χ4n) is 3.90. The Labute approximate surface area is 202 Å². The minimum absolute atomic E-state index is 0.0271. The van der Waals surface area contributed by atoms with Crippen molar-refractivity contribution < 1.29 is 22.7 Å². The molecule has 35 heavy (non-hydrogen) atoms. The van der Waals surface area contributed by atoms with Gasteiger partial charge in [-0.15, -0.1) is 0 Å². The highest BCUT2D eigenvalue weighted by Gasteiger charge is 2.29. The van der Waals surface area contributed by atoms with Crippen LogP contribution in [0.1, 0.15) is 34.8 Å². The zero-order valence-corrected chi connectivity index (χ0v) is 20.4. The first-order valence-corrected chi connectivity index (χ1v) is 12.9. The molecule has 2 aromatic carbocycles. The molecule has 1 aliphatic heterocycles. The van der Waals surface area contributed by atoms with Crippen molar-refractivity contribution in [2.45, 2.75) is 24.8 Å². The molecule has 0 saturated carbocycles. The summed E-state index contributed by atoms with van der Waals surface area (Å²) in [6, 6.07) is 10.9. The molecule has 1 aromatic heterocycles. The van der Waals surface area contributed by atoms with E-state index in [1.807, 2.05) is 38.1 Å². The van der Waals surface area contributed by atoms with E-state index in [9.17, 15) is 23.3 Å². The predicted octanol–water partition coefficient (Wildman–Crippen LogP) is 2.88. The average molecular weight is 500 g/mol. The Morgan fingerprint density at radius 2 is 1.77 bits per heavy atom. The van der Waals surface area contributed by atoms with Crippen LogP contribution in [0.3, 0.4) is 0 Å². The van der Waals surface area contributed by atoms with E-state index in [0.717, 1.165) is 29.5 Å². The van der Waals surface area contributed by atoms with Gasteiger partial charge < -0.3 is 9.42 Å². The highest BCUT2D eigenvalue weighted by Crippen LogP contribution is 2.26. The first kappa shape index (κ1) is 24.5. The number of non-ortho nitro benzene ring substituents is 1. The van der Waals surface area contributed by atoms with E-state index in [4.69, 9.17) is 4.52 Å². The van der Waals surface area contributed by atoms with Gasteiger partial charge >= 0.3 is 0 Å². The summed E-state index contributed by atoms with van der Waals surface area (Å²) in [5.41, 5.74) is 1.53. The van der Waals surface area contributed by atoms with Crippen molar-refractivity contribution in [3.63, 3.8) is 0 Å². The molecule has 1 amide bonds. The van der Waals surface area contributed by atoms with Crippen LogP contribution >= 0.6 is 0 Å². The third-order valence-corrected chi connectivity index (χ3v) is 7.13. The van der Waals surface area contributed by atoms with Crippen LogP contribution in [0.15, 0.2) is 51.9 Å². The number of benzene rings is 2. The van der Waals surface area contributed by atoms with Crippen molar-refractivity contribution in [3.8, 4) is 11.4 Å². The smallest absolute Gasteiger partial charge is 0.271 e. The van der Waals surface area contributed by atoms with Crippen molar-refractivity contribution in [3.05, 3.63) is 69.6 Å². The molecule has 1 atom stereocenters. The predicted molar refractivity (Wildman–Crippen MR) is 127 cm³/mol. The SMILES string of the molecule is Cc1ccc(-c2noc(C(C)N3CCN(C(=O)c4cc([N+](=O)[O-])cc(S(C)(=O)=O)c4)CC3)n2)cc1. The fraction of sp³-hybridized carbons (Fsp3) is 0.348. The largest absolute Gasteiger partial charge is 0.337 e. The molecular weight excluding hydrogens is 474 g/mol. The molecule has 1 aliphatic rings. The minimum atomic E-state index is -3.72. The third-order valence-electron chi connectivity index (χ3n) is 6.04. The standard InChI is InChI=1S/C23H25N5O6S/c1-15-4-6-17(7-5-15)21-24-22(34-25-21)16(2)26-8-10-27(11-9-26)23(29)18-12-19(28(30)31)14-20(13-18)35(3,32)33/h4-7,12-14,16H,8-11H2,1-3H3. The molecule has 184 valence electrons. The maximum atomic E-state index is 13.0. The van der Waals surface area contributed by atoms with Crippen molar-refractivity contribution in [2.24, 2.45) is 0 Å². The number of sulfone groups is 1. The molecule has 0 bridgehead atoms. The quantitative estimate of drug-likeness (QED) is 0.370. The van der Waals surface area contributed by atoms with Crippen molar-refractivity contribution in [1.82, 2.24) is 19.9 Å². The van der Waals surface area contributed by atoms with Crippen LogP contribution in [0.4, 0.5) is 5.69 Å². The summed E-state index contributed by atoms with van der Waals surface area (Å²) < 4.78 is 29.4. The lowest BCUT2D eigenvalue weighted by Crippen LogP contribution is -2.49. The summed E-state index contributed by atoms with van der Waals surface area (Å²) in [5, 5.41) is 15.3. The minimum Gasteiger partial charge on any atom is -0.337 e. The monoisotopic (exact) mass is 499 g/mol. The van der Waals surface area contributed by atoms with Crippen molar-refractivity contribution >= 4 is 21.4 Å². The number of hydrogen-bond donors (Lipinski definition) is 0. The topological polar surface area (TPSA) is 140 Å². The van der Waals surface area contributed by atoms with E-state index in [1.54, 1.807) is 4.90 Å². The van der Waals surface area contributed by atoms with Crippen LogP contribution in [-0.4, -0.2) is 71.6 Å². The molecule has 1 fully saturated rings. The van der Waals surface area contributed by atoms with Crippen molar-refractivity contribution in [2.75, 3.05) is 32.4 Å². The molecule has 0 aliphatic carbocycles. The van der Waals surface area contributed by atoms with Gasteiger partial charge in [-0.2, -0.15) is 4.98 Å². The zero-order valence-electron chi connectivity index (χ0n) is 19.5. The number of hydrogen-bond acceptors (Lipinski definition) is 9. The van der Waals surface area contributed by atoms with Crippen LogP contribution in [0, 0.1) is 17.0 Å². The Balaban J connectivity index is 1.44. The summed E-state index contributed by atoms with van der Waals surface area (Å²) in [5.74, 6) is 0.523. The Morgan fingerprint density at radius 3 is 2.37 bits per heavy atom. The number of nitrogens with zero attached hydrogens (tertiary/aromatic N) is 5. The van der Waals surface area contributed by atoms with Crippen molar-refractivity contribution in [1.29, 1.82) is 0 Å². The number of amides is 1. The molecule has 0 radical (unpaired) electrons. The molecule has 3 aromatic rings. The molecule has 12 heteroatoms. The van der Waals surface area contributed by atoms with Crippen LogP contribution in [0.2, 0.25) is 0 Å². The van der Waals surface area contributed by atoms with Gasteiger partial charge in [0.15, 0.2) is 9.84 Å². The Bertz CT molecular complexity index is 1360. The third kappa shape index (κ3) is 5.38. The van der Waals surface area contributed by atoms with Gasteiger partial charge in [-0.05, 0) is 19.9 Å². The highest BCUT2D eigenvalue weighted by atomic mass is 32.2. The second kappa shape index (κ2) is 9.55. The summed E-state index contributed by atoms with van der Waals surface area (Å²) in [6.45, 7) is 5.70. The number of nitro groups is 1. The molecule has 11 nitrogen and oxygen atoms in total. The van der Waals surface area contributed by atoms with E-state index in [0.29, 0.717) is 37.9 Å². The summed E-state index contributed by atoms with van der Waals surface area (Å²) in [7, 11) is -3.72. The molecule has 2 heterocycles. The highest BCUT2D eigenvalue weighted by molar-refractivity contribution is 7.90. The number of rotatable bonds is 6. The Hall–Kier alpha value is -3.64. The van der Waals surface area contributed by atoms with E-state index < -0.39 is 26.4 Å². The molecule has 4 rings (SSSR count). The molecule has 1 saturated heterocycles. The van der Waals surface area contributed by atoms with E-state index in [-0.39, 0.29) is 16.5 Å². The maximum Gasteiger partial charge on any atom is 0.271 e. The normalized spacial score (nSPS) is 15.7. The fourth-order valence-corrected chi connectivity index (χ4v) is 4.58. The van der Waals surface area contributed by atoms with Gasteiger partial charge in [-0.1, -0.05) is 35.0 Å². The van der Waals surface area contributed by atoms with Gasteiger partial charge in [0.25, 0.3) is 11.6 Å². The number of nitro benzene ring substituents is 1. The number of carbonyl (C=O) groups is 1. The van der Waals surface area contributed by atoms with E-state index >= 15 is 0 Å². The lowest BCUT2D eigenvalue weighted by atomic mass is 10.1. The lowest BCUT2D eigenvalue weighted by molar-refractivity contribution is -0.385. The average Bonchev–Trinajstić information content (AvgIpc) is 3.33. The zero-order chi connectivity index (χ0) is 25.3. The molecule has 0 N–H and O–H groups in total. The molecular formula is C23H25N5O6S. The Kier molecular flexibility index (Phi) is 6.68. The first-order chi connectivity index (χ1) is 16.5. The second-order valence-corrected chi connectivity index (χ2v) is 10.6. The number of carbonyl (C=O) groups excluding carboxylic acids is 1. The van der Waals surface area contributed by atoms with Gasteiger partial charge in [0.05, 0.1) is 15.9 Å². The first-order valence-electron chi connectivity index (χ1n) is 11.0. The molecule has 1 unspecified atom stereocenters. The van der Waals surface area contributed by atoms with Crippen LogP contribution < -0.4 is 0 Å². The second-order valence-electron chi connectivity index (χ2n) is 8.57. The number of aryl methyl sites for hydroxylation is 1. The Morgan fingerprint density at radius 1 is 1.11 bits per heavy atom. The van der Waals surface area contributed by atoms with E-state index in [1.165, 1.54) is 6.07 Å². The summed E-state index contributed by atoms with van der Waals surface area (Å²) in [6.07, 6.45) is 0.947. The van der Waals surface area contributed by atoms with Gasteiger partial charge in [-0.3, -0.25) is 19.8 Å². The van der Waals surface area contributed by atoms with E-state index in [2.05, 4.69) is 15.0 Å². The van der Waals surface area contributed by atoms with Gasteiger partial charge in [0.2, 0.25) is 11.7 Å². The molecule has 0 spiro atoms. The van der Waals surface area contributed by atoms with Gasteiger partial charge in [-0.25, -0.2) is 8.42 Å². The van der Waals surface area contributed by atoms with Crippen LogP contribution in [0.25, 0.3) is 11.4 Å². The van der Waals surface area contributed by atoms with Crippen LogP contribution in [-0.2, 0) is 9.84 Å². The lowest BCUT2D eigenvalue weighted by Gasteiger charge is -2.36. The van der Waals surface area contributed by atoms with Gasteiger partial charge in [0, 0.05) is 55.7 Å². The summed E-state index contributed by atoms with van der Waals surface area (Å²) >= 11 is 0. The summed E-state index contributed by atoms with van der Waals surface area (Å²) in [4.78, 5) is 31.5. The van der Waals surface area contributed by atoms with Crippen LogP contribution in [0.5, 0.6) is 0 Å². The maximum absolute atomic E-state index is 13.0. The number of piperazine rings is 1.